The molecule has 29 heavy (non-hydrogen) atoms. The van der Waals surface area contributed by atoms with E-state index in [1.165, 1.54) is 0 Å². The zero-order valence-electron chi connectivity index (χ0n) is 17.9. The summed E-state index contributed by atoms with van der Waals surface area (Å²) in [5.74, 6) is 0.666. The lowest BCUT2D eigenvalue weighted by atomic mass is 9.97. The zero-order chi connectivity index (χ0) is 20.8. The van der Waals surface area contributed by atoms with Gasteiger partial charge >= 0.3 is 0 Å². The Hall–Kier alpha value is -2.84. The van der Waals surface area contributed by atoms with E-state index in [0.717, 1.165) is 41.9 Å². The first-order valence-corrected chi connectivity index (χ1v) is 10.1. The number of anilines is 1. The van der Waals surface area contributed by atoms with Crippen LogP contribution >= 0.6 is 0 Å². The zero-order valence-corrected chi connectivity index (χ0v) is 17.9. The lowest BCUT2D eigenvalue weighted by molar-refractivity contribution is 0.315. The number of hydrogen-bond acceptors (Lipinski definition) is 5. The van der Waals surface area contributed by atoms with Gasteiger partial charge in [-0.25, -0.2) is 4.98 Å². The molecule has 1 aromatic heterocycles. The van der Waals surface area contributed by atoms with Crippen molar-refractivity contribution in [2.24, 2.45) is 0 Å². The standard InChI is InChI=1S/C24H28N4O/c1-24(2,3)23-26-20-17(14-25)13-19(16-9-7-6-8-10-16)21(22(20)29-23)28-12-11-18(15-28)27(4)5/h6-10,13,18H,11-12,15H2,1-5H3/t18-/m0/s1. The Morgan fingerprint density at radius 2 is 1.93 bits per heavy atom. The first kappa shape index (κ1) is 19.5. The molecule has 0 radical (unpaired) electrons. The fourth-order valence-electron chi connectivity index (χ4n) is 3.99. The van der Waals surface area contributed by atoms with Crippen LogP contribution in [0.3, 0.4) is 0 Å². The summed E-state index contributed by atoms with van der Waals surface area (Å²) in [6, 6.07) is 15.1. The summed E-state index contributed by atoms with van der Waals surface area (Å²) in [4.78, 5) is 9.43. The Labute approximate surface area is 172 Å². The predicted molar refractivity (Wildman–Crippen MR) is 117 cm³/mol. The van der Waals surface area contributed by atoms with Crippen molar-refractivity contribution in [1.29, 1.82) is 5.26 Å². The topological polar surface area (TPSA) is 56.3 Å². The molecule has 5 nitrogen and oxygen atoms in total. The lowest BCUT2D eigenvalue weighted by Crippen LogP contribution is -2.31. The predicted octanol–water partition coefficient (Wildman–Crippen LogP) is 4.80. The highest BCUT2D eigenvalue weighted by atomic mass is 16.4. The molecule has 2 aromatic carbocycles. The summed E-state index contributed by atoms with van der Waals surface area (Å²) in [7, 11) is 4.26. The van der Waals surface area contributed by atoms with Crippen molar-refractivity contribution < 1.29 is 4.42 Å². The number of oxazole rings is 1. The second-order valence-corrected chi connectivity index (χ2v) is 9.10. The van der Waals surface area contributed by atoms with E-state index in [-0.39, 0.29) is 5.41 Å². The highest BCUT2D eigenvalue weighted by Gasteiger charge is 2.31. The maximum absolute atomic E-state index is 9.84. The number of hydrogen-bond donors (Lipinski definition) is 0. The van der Waals surface area contributed by atoms with Crippen LogP contribution in [0.15, 0.2) is 40.8 Å². The van der Waals surface area contributed by atoms with Crippen molar-refractivity contribution in [3.63, 3.8) is 0 Å². The highest BCUT2D eigenvalue weighted by molar-refractivity contribution is 6.00. The van der Waals surface area contributed by atoms with Crippen molar-refractivity contribution in [2.45, 2.75) is 38.6 Å². The second-order valence-electron chi connectivity index (χ2n) is 9.10. The third-order valence-electron chi connectivity index (χ3n) is 5.70. The molecule has 0 bridgehead atoms. The number of fused-ring (bicyclic) bond motifs is 1. The van der Waals surface area contributed by atoms with Crippen LogP contribution in [-0.4, -0.2) is 43.1 Å². The quantitative estimate of drug-likeness (QED) is 0.645. The van der Waals surface area contributed by atoms with Crippen molar-refractivity contribution in [3.8, 4) is 17.2 Å². The van der Waals surface area contributed by atoms with Crippen LogP contribution in [0, 0.1) is 11.3 Å². The average molecular weight is 389 g/mol. The molecule has 1 atom stereocenters. The SMILES string of the molecule is CN(C)[C@H]1CCN(c2c(-c3ccccc3)cc(C#N)c3nc(C(C)(C)C)oc23)C1. The molecular weight excluding hydrogens is 360 g/mol. The minimum atomic E-state index is -0.229. The molecule has 0 spiro atoms. The van der Waals surface area contributed by atoms with Gasteiger partial charge in [0.25, 0.3) is 0 Å². The van der Waals surface area contributed by atoms with E-state index in [1.54, 1.807) is 0 Å². The van der Waals surface area contributed by atoms with Crippen LogP contribution in [0.4, 0.5) is 5.69 Å². The molecule has 0 amide bonds. The minimum absolute atomic E-state index is 0.229. The third-order valence-corrected chi connectivity index (χ3v) is 5.70. The Morgan fingerprint density at radius 1 is 1.21 bits per heavy atom. The molecule has 1 saturated heterocycles. The Kier molecular flexibility index (Phi) is 4.84. The molecule has 3 aromatic rings. The summed E-state index contributed by atoms with van der Waals surface area (Å²) in [6.45, 7) is 8.13. The molecule has 0 unspecified atom stereocenters. The summed E-state index contributed by atoms with van der Waals surface area (Å²) in [6.07, 6.45) is 1.10. The van der Waals surface area contributed by atoms with Gasteiger partial charge < -0.3 is 14.2 Å². The molecule has 0 saturated carbocycles. The molecular formula is C24H28N4O. The number of nitrogens with zero attached hydrogens (tertiary/aromatic N) is 4. The normalized spacial score (nSPS) is 17.3. The van der Waals surface area contributed by atoms with E-state index in [2.05, 4.69) is 62.9 Å². The molecule has 1 fully saturated rings. The van der Waals surface area contributed by atoms with E-state index >= 15 is 0 Å². The summed E-state index contributed by atoms with van der Waals surface area (Å²) < 4.78 is 6.36. The highest BCUT2D eigenvalue weighted by Crippen LogP contribution is 2.42. The lowest BCUT2D eigenvalue weighted by Gasteiger charge is -2.24. The maximum atomic E-state index is 9.84. The molecule has 1 aliphatic rings. The van der Waals surface area contributed by atoms with Crippen LogP contribution in [0.5, 0.6) is 0 Å². The smallest absolute Gasteiger partial charge is 0.201 e. The third kappa shape index (κ3) is 3.49. The van der Waals surface area contributed by atoms with Gasteiger partial charge in [-0.05, 0) is 32.1 Å². The van der Waals surface area contributed by atoms with E-state index in [4.69, 9.17) is 9.40 Å². The molecule has 2 heterocycles. The van der Waals surface area contributed by atoms with Gasteiger partial charge in [-0.3, -0.25) is 0 Å². The molecule has 150 valence electrons. The van der Waals surface area contributed by atoms with E-state index in [9.17, 15) is 5.26 Å². The Morgan fingerprint density at radius 3 is 2.52 bits per heavy atom. The number of rotatable bonds is 3. The average Bonchev–Trinajstić information content (AvgIpc) is 3.35. The summed E-state index contributed by atoms with van der Waals surface area (Å²) in [5.41, 5.74) is 4.90. The monoisotopic (exact) mass is 388 g/mol. The van der Waals surface area contributed by atoms with Crippen LogP contribution in [0.1, 0.15) is 38.6 Å². The van der Waals surface area contributed by atoms with Gasteiger partial charge in [0.15, 0.2) is 5.58 Å². The van der Waals surface area contributed by atoms with Gasteiger partial charge in [0, 0.05) is 30.1 Å². The Balaban J connectivity index is 1.99. The second kappa shape index (κ2) is 7.20. The van der Waals surface area contributed by atoms with Crippen molar-refractivity contribution in [3.05, 3.63) is 47.9 Å². The fourth-order valence-corrected chi connectivity index (χ4v) is 3.99. The van der Waals surface area contributed by atoms with Gasteiger partial charge in [0.05, 0.1) is 11.3 Å². The van der Waals surface area contributed by atoms with Crippen molar-refractivity contribution in [2.75, 3.05) is 32.1 Å². The molecule has 0 aliphatic carbocycles. The number of aromatic nitrogens is 1. The van der Waals surface area contributed by atoms with Gasteiger partial charge in [0.2, 0.25) is 5.89 Å². The largest absolute Gasteiger partial charge is 0.438 e. The van der Waals surface area contributed by atoms with E-state index in [1.807, 2.05) is 24.3 Å². The summed E-state index contributed by atoms with van der Waals surface area (Å²) >= 11 is 0. The first-order valence-electron chi connectivity index (χ1n) is 10.1. The first-order chi connectivity index (χ1) is 13.8. The molecule has 5 heteroatoms. The van der Waals surface area contributed by atoms with Crippen molar-refractivity contribution >= 4 is 16.8 Å². The fraction of sp³-hybridized carbons (Fsp3) is 0.417. The van der Waals surface area contributed by atoms with Gasteiger partial charge in [0.1, 0.15) is 11.6 Å². The van der Waals surface area contributed by atoms with Crippen LogP contribution < -0.4 is 4.90 Å². The number of likely N-dealkylation sites (N-methyl/N-ethyl adjacent to an activating group) is 1. The van der Waals surface area contributed by atoms with Crippen LogP contribution in [0.25, 0.3) is 22.2 Å². The van der Waals surface area contributed by atoms with Crippen LogP contribution in [0.2, 0.25) is 0 Å². The minimum Gasteiger partial charge on any atom is -0.438 e. The molecule has 1 aliphatic heterocycles. The summed E-state index contributed by atoms with van der Waals surface area (Å²) in [5, 5.41) is 9.84. The Bertz CT molecular complexity index is 1070. The van der Waals surface area contributed by atoms with Crippen molar-refractivity contribution in [1.82, 2.24) is 9.88 Å². The number of nitriles is 1. The van der Waals surface area contributed by atoms with E-state index in [0.29, 0.717) is 23.0 Å². The van der Waals surface area contributed by atoms with E-state index < -0.39 is 0 Å². The van der Waals surface area contributed by atoms with Gasteiger partial charge in [-0.2, -0.15) is 5.26 Å². The number of benzene rings is 2. The van der Waals surface area contributed by atoms with Gasteiger partial charge in [-0.15, -0.1) is 0 Å². The maximum Gasteiger partial charge on any atom is 0.201 e. The van der Waals surface area contributed by atoms with Gasteiger partial charge in [-0.1, -0.05) is 51.1 Å². The molecule has 0 N–H and O–H groups in total. The molecule has 4 rings (SSSR count). The van der Waals surface area contributed by atoms with Crippen LogP contribution in [-0.2, 0) is 5.41 Å².